The summed E-state index contributed by atoms with van der Waals surface area (Å²) < 4.78 is 52.2. The van der Waals surface area contributed by atoms with Crippen molar-refractivity contribution in [2.45, 2.75) is 78.6 Å². The Hall–Kier alpha value is -6.15. The Morgan fingerprint density at radius 1 is 0.694 bits per heavy atom. The number of hydrogen-bond donors (Lipinski definition) is 0. The zero-order valence-electron chi connectivity index (χ0n) is 41.4. The molecule has 1 aliphatic rings. The Morgan fingerprint density at radius 2 is 1.39 bits per heavy atom. The van der Waals surface area contributed by atoms with Gasteiger partial charge in [0.1, 0.15) is 5.82 Å². The predicted molar refractivity (Wildman–Crippen MR) is 250 cm³/mol. The van der Waals surface area contributed by atoms with E-state index in [1.54, 1.807) is 0 Å². The molecule has 6 aromatic carbocycles. The molecule has 0 aliphatic carbocycles. The number of fused-ring (bicyclic) bond motifs is 4. The van der Waals surface area contributed by atoms with E-state index in [2.05, 4.69) is 114 Å². The zero-order valence-corrected chi connectivity index (χ0v) is 38.6. The van der Waals surface area contributed by atoms with Crippen molar-refractivity contribution in [1.82, 2.24) is 9.55 Å². The summed E-state index contributed by atoms with van der Waals surface area (Å²) in [6, 6.07) is 39.1. The summed E-state index contributed by atoms with van der Waals surface area (Å²) in [5.74, 6) is 1.62. The van der Waals surface area contributed by atoms with Crippen LogP contribution >= 0.6 is 0 Å². The summed E-state index contributed by atoms with van der Waals surface area (Å²) in [4.78, 5) is 8.85. The number of nitriles is 1. The molecule has 0 unspecified atom stereocenters. The Labute approximate surface area is 387 Å². The van der Waals surface area contributed by atoms with Crippen LogP contribution in [0.5, 0.6) is 11.5 Å². The number of rotatable bonds is 6. The third-order valence-electron chi connectivity index (χ3n) is 11.3. The van der Waals surface area contributed by atoms with Gasteiger partial charge < -0.3 is 19.1 Å². The summed E-state index contributed by atoms with van der Waals surface area (Å²) in [5, 5.41) is 11.6. The van der Waals surface area contributed by atoms with Crippen LogP contribution in [-0.4, -0.2) is 9.55 Å². The fraction of sp³-hybridized carbons (Fsp3) is 0.218. The number of nitrogens with zero attached hydrogens (tertiary/aromatic N) is 5. The molecule has 62 heavy (non-hydrogen) atoms. The minimum absolute atomic E-state index is 0. The molecule has 6 nitrogen and oxygen atoms in total. The molecule has 0 fully saturated rings. The van der Waals surface area contributed by atoms with E-state index in [4.69, 9.17) is 16.6 Å². The van der Waals surface area contributed by atoms with E-state index in [0.717, 1.165) is 55.7 Å². The van der Waals surface area contributed by atoms with E-state index in [9.17, 15) is 5.26 Å². The topological polar surface area (TPSA) is 57.3 Å². The largest absolute Gasteiger partial charge is 0.509 e. The molecule has 0 amide bonds. The minimum Gasteiger partial charge on any atom is -0.509 e. The number of para-hydroxylation sites is 1. The van der Waals surface area contributed by atoms with E-state index in [1.165, 1.54) is 0 Å². The number of pyridine rings is 1. The zero-order chi connectivity index (χ0) is 47.2. The molecule has 7 heteroatoms. The van der Waals surface area contributed by atoms with Crippen molar-refractivity contribution in [2.24, 2.45) is 0 Å². The second kappa shape index (κ2) is 16.0. The van der Waals surface area contributed by atoms with Crippen LogP contribution in [0.3, 0.4) is 0 Å². The van der Waals surface area contributed by atoms with Crippen molar-refractivity contribution in [3.8, 4) is 34.5 Å². The van der Waals surface area contributed by atoms with E-state index in [0.29, 0.717) is 34.0 Å². The van der Waals surface area contributed by atoms with Gasteiger partial charge in [0.15, 0.2) is 0 Å². The quantitative estimate of drug-likeness (QED) is 0.155. The van der Waals surface area contributed by atoms with Crippen LogP contribution in [-0.2, 0) is 37.3 Å². The first kappa shape index (κ1) is 36.5. The molecule has 0 saturated carbocycles. The van der Waals surface area contributed by atoms with Crippen LogP contribution in [0.2, 0.25) is 0 Å². The Bertz CT molecular complexity index is 3260. The second-order valence-electron chi connectivity index (χ2n) is 18.7. The molecule has 1 aliphatic heterocycles. The van der Waals surface area contributed by atoms with Crippen molar-refractivity contribution >= 4 is 44.6 Å². The molecule has 3 heterocycles. The smallest absolute Gasteiger partial charge is 0.135 e. The van der Waals surface area contributed by atoms with E-state index in [1.807, 2.05) is 90.6 Å². The fourth-order valence-electron chi connectivity index (χ4n) is 7.86. The van der Waals surface area contributed by atoms with Crippen LogP contribution < -0.4 is 14.5 Å². The number of aromatic nitrogens is 2. The molecular formula is C55H50N5OPt-3. The van der Waals surface area contributed by atoms with Gasteiger partial charge in [-0.15, -0.1) is 48.1 Å². The maximum absolute atomic E-state index is 9.81. The van der Waals surface area contributed by atoms with Gasteiger partial charge in [-0.2, -0.15) is 17.4 Å². The first-order chi connectivity index (χ1) is 31.1. The molecule has 0 bridgehead atoms. The molecular weight excluding hydrogens is 942 g/mol. The van der Waals surface area contributed by atoms with Gasteiger partial charge in [-0.25, -0.2) is 4.98 Å². The molecule has 8 aromatic rings. The van der Waals surface area contributed by atoms with Crippen molar-refractivity contribution in [3.63, 3.8) is 0 Å². The third-order valence-corrected chi connectivity index (χ3v) is 11.3. The fourth-order valence-corrected chi connectivity index (χ4v) is 7.86. The Balaban J connectivity index is 0.00000608. The van der Waals surface area contributed by atoms with Crippen LogP contribution in [0.4, 0.5) is 22.7 Å². The Kier molecular flexibility index (Phi) is 9.39. The van der Waals surface area contributed by atoms with Crippen molar-refractivity contribution in [3.05, 3.63) is 175 Å². The SMILES string of the molecule is [2H]c1c([2H])c([2H])c(-c2cccc3c2N(c2cc(C(C)(C)C)cc(C(C)(C)C)c2)[CH-]N3c2[c-]c(Oc3[c-]c4c(cc3)c3cc(C#N)ccc3n4-c3cc(C(C)(C)C)ccn3)ccc2)c([2H])c1[2H].[Pt]. The summed E-state index contributed by atoms with van der Waals surface area (Å²) in [5.41, 5.74) is 8.63. The third kappa shape index (κ3) is 7.91. The van der Waals surface area contributed by atoms with Crippen molar-refractivity contribution in [2.75, 3.05) is 9.80 Å². The monoisotopic (exact) mass is 996 g/mol. The molecule has 0 N–H and O–H groups in total. The summed E-state index contributed by atoms with van der Waals surface area (Å²) in [6.45, 7) is 21.6. The summed E-state index contributed by atoms with van der Waals surface area (Å²) in [6.07, 6.45) is 1.82. The number of benzene rings is 6. The molecule has 0 atom stereocenters. The minimum atomic E-state index is -0.442. The van der Waals surface area contributed by atoms with Gasteiger partial charge in [0.2, 0.25) is 0 Å². The maximum atomic E-state index is 9.81. The number of ether oxygens (including phenoxy) is 1. The normalized spacial score (nSPS) is 14.1. The van der Waals surface area contributed by atoms with Crippen molar-refractivity contribution in [1.29, 1.82) is 5.26 Å². The van der Waals surface area contributed by atoms with E-state index < -0.39 is 18.1 Å². The maximum Gasteiger partial charge on any atom is 0.135 e. The molecule has 0 radical (unpaired) electrons. The predicted octanol–water partition coefficient (Wildman–Crippen LogP) is 14.4. The van der Waals surface area contributed by atoms with E-state index >= 15 is 0 Å². The van der Waals surface area contributed by atoms with Crippen LogP contribution in [0.25, 0.3) is 38.8 Å². The van der Waals surface area contributed by atoms with Crippen LogP contribution in [0.1, 0.15) is 91.4 Å². The van der Waals surface area contributed by atoms with Gasteiger partial charge >= 0.3 is 0 Å². The van der Waals surface area contributed by atoms with Crippen molar-refractivity contribution < 1.29 is 32.7 Å². The average Bonchev–Trinajstić information content (AvgIpc) is 3.83. The number of hydrogen-bond acceptors (Lipinski definition) is 5. The van der Waals surface area contributed by atoms with Gasteiger partial charge in [0.25, 0.3) is 0 Å². The van der Waals surface area contributed by atoms with Gasteiger partial charge in [-0.1, -0.05) is 116 Å². The second-order valence-corrected chi connectivity index (χ2v) is 18.7. The molecule has 9 rings (SSSR count). The summed E-state index contributed by atoms with van der Waals surface area (Å²) in [7, 11) is 0. The van der Waals surface area contributed by atoms with Gasteiger partial charge in [-0.05, 0) is 92.4 Å². The van der Waals surface area contributed by atoms with Crippen LogP contribution in [0.15, 0.2) is 133 Å². The standard InChI is InChI=1S/C55H50N5O.Pt/c1-53(2,3)38-25-26-57-51(31-38)60-48-24-21-36(34-56)27-47(48)46-23-22-44(33-50(46)60)61-43-18-13-17-41(32-43)58-35-59(42-29-39(54(4,5)6)28-40(30-42)55(7,8)9)52-45(19-14-20-49(52)58)37-15-11-10-12-16-37;/h10-31,35H,1-9H3;/q-3;/i10D,11D,12D,15D,16D;. The van der Waals surface area contributed by atoms with Gasteiger partial charge in [0.05, 0.1) is 18.5 Å². The average molecular weight is 997 g/mol. The molecule has 314 valence electrons. The van der Waals surface area contributed by atoms with E-state index in [-0.39, 0.29) is 55.0 Å². The first-order valence-electron chi connectivity index (χ1n) is 23.0. The molecule has 0 spiro atoms. The van der Waals surface area contributed by atoms with Gasteiger partial charge in [0, 0.05) is 66.9 Å². The van der Waals surface area contributed by atoms with Gasteiger partial charge in [-0.3, -0.25) is 0 Å². The Morgan fingerprint density at radius 3 is 2.08 bits per heavy atom. The van der Waals surface area contributed by atoms with Crippen LogP contribution in [0, 0.1) is 30.1 Å². The molecule has 2 aromatic heterocycles. The first-order valence-corrected chi connectivity index (χ1v) is 20.5. The molecule has 0 saturated heterocycles. The number of anilines is 4. The summed E-state index contributed by atoms with van der Waals surface area (Å²) >= 11 is 0.